The number of amides is 1. The SMILES string of the molecule is Cc1ccsc1/C=N\NC(=O)C1[C@@H]2CCCC[C@@H]12. The third-order valence-electron chi connectivity index (χ3n) is 4.22. The Morgan fingerprint density at radius 2 is 2.17 bits per heavy atom. The minimum Gasteiger partial charge on any atom is -0.273 e. The van der Waals surface area contributed by atoms with Crippen LogP contribution in [-0.2, 0) is 4.79 Å². The minimum atomic E-state index is 0.123. The van der Waals surface area contributed by atoms with Gasteiger partial charge in [-0.3, -0.25) is 4.79 Å². The Hall–Kier alpha value is -1.16. The van der Waals surface area contributed by atoms with Gasteiger partial charge in [0.25, 0.3) is 0 Å². The van der Waals surface area contributed by atoms with E-state index in [0.29, 0.717) is 11.8 Å². The number of hydrazone groups is 1. The number of fused-ring (bicyclic) bond motifs is 1. The summed E-state index contributed by atoms with van der Waals surface area (Å²) in [5, 5.41) is 6.12. The highest BCUT2D eigenvalue weighted by atomic mass is 32.1. The summed E-state index contributed by atoms with van der Waals surface area (Å²) in [6.07, 6.45) is 6.81. The van der Waals surface area contributed by atoms with Gasteiger partial charge in [0.1, 0.15) is 0 Å². The number of thiophene rings is 1. The summed E-state index contributed by atoms with van der Waals surface area (Å²) in [6, 6.07) is 2.06. The van der Waals surface area contributed by atoms with Crippen LogP contribution in [0.4, 0.5) is 0 Å². The second-order valence-electron chi connectivity index (χ2n) is 5.34. The maximum atomic E-state index is 12.0. The fourth-order valence-corrected chi connectivity index (χ4v) is 3.91. The summed E-state index contributed by atoms with van der Waals surface area (Å²) in [5.41, 5.74) is 3.91. The van der Waals surface area contributed by atoms with Crippen LogP contribution in [0.3, 0.4) is 0 Å². The van der Waals surface area contributed by atoms with E-state index in [0.717, 1.165) is 4.88 Å². The van der Waals surface area contributed by atoms with Crippen molar-refractivity contribution in [2.75, 3.05) is 0 Å². The van der Waals surface area contributed by atoms with Crippen LogP contribution in [0.15, 0.2) is 16.5 Å². The molecule has 2 atom stereocenters. The van der Waals surface area contributed by atoms with Gasteiger partial charge in [-0.15, -0.1) is 11.3 Å². The van der Waals surface area contributed by atoms with E-state index in [2.05, 4.69) is 23.5 Å². The quantitative estimate of drug-likeness (QED) is 0.660. The number of carbonyl (C=O) groups excluding carboxylic acids is 1. The zero-order valence-corrected chi connectivity index (χ0v) is 11.4. The van der Waals surface area contributed by atoms with Crippen LogP contribution >= 0.6 is 11.3 Å². The Labute approximate surface area is 111 Å². The highest BCUT2D eigenvalue weighted by Gasteiger charge is 2.54. The van der Waals surface area contributed by atoms with E-state index in [1.54, 1.807) is 17.6 Å². The van der Waals surface area contributed by atoms with Crippen molar-refractivity contribution in [3.8, 4) is 0 Å². The molecule has 2 aliphatic carbocycles. The predicted molar refractivity (Wildman–Crippen MR) is 73.7 cm³/mol. The lowest BCUT2D eigenvalue weighted by Gasteiger charge is -2.04. The molecule has 1 N–H and O–H groups in total. The molecule has 0 saturated heterocycles. The normalized spacial score (nSPS) is 30.2. The molecule has 1 aromatic heterocycles. The van der Waals surface area contributed by atoms with Gasteiger partial charge in [-0.05, 0) is 48.6 Å². The first-order chi connectivity index (χ1) is 8.77. The number of nitrogens with one attached hydrogen (secondary N) is 1. The van der Waals surface area contributed by atoms with E-state index in [9.17, 15) is 4.79 Å². The molecule has 2 saturated carbocycles. The standard InChI is InChI=1S/C14H18N2OS/c1-9-6-7-18-12(9)8-15-16-14(17)13-10-4-2-3-5-11(10)13/h6-8,10-11,13H,2-5H2,1H3,(H,16,17)/b15-8-/t10-,11-/m1/s1. The molecule has 0 aliphatic heterocycles. The van der Waals surface area contributed by atoms with Crippen molar-refractivity contribution in [2.45, 2.75) is 32.6 Å². The Morgan fingerprint density at radius 3 is 2.78 bits per heavy atom. The topological polar surface area (TPSA) is 41.5 Å². The van der Waals surface area contributed by atoms with Crippen LogP contribution in [0, 0.1) is 24.7 Å². The number of hydrogen-bond acceptors (Lipinski definition) is 3. The molecule has 3 nitrogen and oxygen atoms in total. The highest BCUT2D eigenvalue weighted by Crippen LogP contribution is 2.55. The van der Waals surface area contributed by atoms with Gasteiger partial charge < -0.3 is 0 Å². The third-order valence-corrected chi connectivity index (χ3v) is 5.17. The average molecular weight is 262 g/mol. The molecule has 3 rings (SSSR count). The Balaban J connectivity index is 1.53. The summed E-state index contributed by atoms with van der Waals surface area (Å²) in [6.45, 7) is 2.05. The van der Waals surface area contributed by atoms with E-state index in [1.165, 1.54) is 31.2 Å². The number of nitrogens with zero attached hydrogens (tertiary/aromatic N) is 1. The molecule has 18 heavy (non-hydrogen) atoms. The molecule has 0 spiro atoms. The lowest BCUT2D eigenvalue weighted by molar-refractivity contribution is -0.122. The fraction of sp³-hybridized carbons (Fsp3) is 0.571. The van der Waals surface area contributed by atoms with Crippen LogP contribution < -0.4 is 5.43 Å². The van der Waals surface area contributed by atoms with E-state index in [4.69, 9.17) is 0 Å². The summed E-state index contributed by atoms with van der Waals surface area (Å²) in [5.74, 6) is 1.67. The molecule has 2 aliphatic rings. The van der Waals surface area contributed by atoms with Gasteiger partial charge in [0.2, 0.25) is 5.91 Å². The van der Waals surface area contributed by atoms with Gasteiger partial charge in [0.05, 0.1) is 6.21 Å². The molecule has 1 heterocycles. The van der Waals surface area contributed by atoms with Gasteiger partial charge in [-0.25, -0.2) is 5.43 Å². The summed E-state index contributed by atoms with van der Waals surface area (Å²) >= 11 is 1.64. The van der Waals surface area contributed by atoms with Crippen LogP contribution in [0.1, 0.15) is 36.1 Å². The molecule has 2 fully saturated rings. The van der Waals surface area contributed by atoms with E-state index >= 15 is 0 Å². The molecular weight excluding hydrogens is 244 g/mol. The van der Waals surface area contributed by atoms with Crippen molar-refractivity contribution in [3.63, 3.8) is 0 Å². The van der Waals surface area contributed by atoms with Crippen molar-refractivity contribution in [2.24, 2.45) is 22.9 Å². The fourth-order valence-electron chi connectivity index (χ4n) is 3.13. The largest absolute Gasteiger partial charge is 0.273 e. The Bertz CT molecular complexity index is 468. The molecule has 96 valence electrons. The van der Waals surface area contributed by atoms with Crippen LogP contribution in [0.5, 0.6) is 0 Å². The van der Waals surface area contributed by atoms with Gasteiger partial charge in [0, 0.05) is 10.8 Å². The second kappa shape index (κ2) is 4.84. The minimum absolute atomic E-state index is 0.123. The third kappa shape index (κ3) is 2.21. The lowest BCUT2D eigenvalue weighted by Crippen LogP contribution is -2.20. The molecular formula is C14H18N2OS. The van der Waals surface area contributed by atoms with E-state index in [1.807, 2.05) is 5.38 Å². The van der Waals surface area contributed by atoms with Gasteiger partial charge in [-0.1, -0.05) is 12.8 Å². The van der Waals surface area contributed by atoms with Gasteiger partial charge in [0.15, 0.2) is 0 Å². The van der Waals surface area contributed by atoms with Crippen molar-refractivity contribution in [3.05, 3.63) is 21.9 Å². The smallest absolute Gasteiger partial charge is 0.243 e. The molecule has 0 radical (unpaired) electrons. The molecule has 1 aromatic rings. The monoisotopic (exact) mass is 262 g/mol. The molecule has 0 bridgehead atoms. The number of aryl methyl sites for hydroxylation is 1. The van der Waals surface area contributed by atoms with Crippen LogP contribution in [-0.4, -0.2) is 12.1 Å². The zero-order valence-electron chi connectivity index (χ0n) is 10.6. The Kier molecular flexibility index (Phi) is 3.20. The van der Waals surface area contributed by atoms with Crippen molar-refractivity contribution in [1.29, 1.82) is 0 Å². The van der Waals surface area contributed by atoms with Crippen LogP contribution in [0.25, 0.3) is 0 Å². The van der Waals surface area contributed by atoms with Crippen LogP contribution in [0.2, 0.25) is 0 Å². The molecule has 4 heteroatoms. The number of hydrogen-bond donors (Lipinski definition) is 1. The maximum Gasteiger partial charge on any atom is 0.243 e. The molecule has 1 amide bonds. The first kappa shape index (κ1) is 11.9. The second-order valence-corrected chi connectivity index (χ2v) is 6.29. The maximum absolute atomic E-state index is 12.0. The first-order valence-electron chi connectivity index (χ1n) is 6.64. The van der Waals surface area contributed by atoms with Crippen molar-refractivity contribution in [1.82, 2.24) is 5.43 Å². The summed E-state index contributed by atoms with van der Waals surface area (Å²) in [4.78, 5) is 13.1. The van der Waals surface area contributed by atoms with Gasteiger partial charge >= 0.3 is 0 Å². The first-order valence-corrected chi connectivity index (χ1v) is 7.52. The lowest BCUT2D eigenvalue weighted by atomic mass is 10.0. The number of carbonyl (C=O) groups is 1. The van der Waals surface area contributed by atoms with Crippen molar-refractivity contribution >= 4 is 23.5 Å². The zero-order chi connectivity index (χ0) is 12.5. The average Bonchev–Trinajstić information content (AvgIpc) is 2.98. The molecule has 0 unspecified atom stereocenters. The Morgan fingerprint density at radius 1 is 1.44 bits per heavy atom. The summed E-state index contributed by atoms with van der Waals surface area (Å²) in [7, 11) is 0. The number of rotatable bonds is 3. The highest BCUT2D eigenvalue weighted by molar-refractivity contribution is 7.11. The predicted octanol–water partition coefficient (Wildman–Crippen LogP) is 2.94. The van der Waals surface area contributed by atoms with E-state index in [-0.39, 0.29) is 11.8 Å². The summed E-state index contributed by atoms with van der Waals surface area (Å²) < 4.78 is 0. The van der Waals surface area contributed by atoms with E-state index < -0.39 is 0 Å². The van der Waals surface area contributed by atoms with Gasteiger partial charge in [-0.2, -0.15) is 5.10 Å². The molecule has 0 aromatic carbocycles. The van der Waals surface area contributed by atoms with Crippen molar-refractivity contribution < 1.29 is 4.79 Å².